The first-order valence-corrected chi connectivity index (χ1v) is 8.42. The highest BCUT2D eigenvalue weighted by molar-refractivity contribution is 5.85. The molecule has 0 amide bonds. The van der Waals surface area contributed by atoms with E-state index in [1.807, 2.05) is 18.2 Å². The third kappa shape index (κ3) is 2.90. The summed E-state index contributed by atoms with van der Waals surface area (Å²) >= 11 is 0. The lowest BCUT2D eigenvalue weighted by molar-refractivity contribution is 0.374. The Morgan fingerprint density at radius 2 is 1.89 bits per heavy atom. The number of imidazole rings is 1. The number of H-pyrrole nitrogens is 1. The Hall–Kier alpha value is -4.29. The fourth-order valence-electron chi connectivity index (χ4n) is 3.05. The van der Waals surface area contributed by atoms with Gasteiger partial charge in [0.05, 0.1) is 41.9 Å². The zero-order valence-corrected chi connectivity index (χ0v) is 14.9. The Morgan fingerprint density at radius 3 is 2.57 bits per heavy atom. The zero-order chi connectivity index (χ0) is 19.7. The second kappa shape index (κ2) is 6.79. The number of phenolic OH excluding ortho intramolecular Hbond substituents is 1. The summed E-state index contributed by atoms with van der Waals surface area (Å²) in [7, 11) is 1.49. The van der Waals surface area contributed by atoms with Gasteiger partial charge in [0.15, 0.2) is 17.2 Å². The molecule has 0 aliphatic carbocycles. The summed E-state index contributed by atoms with van der Waals surface area (Å²) in [5.41, 5.74) is 4.67. The van der Waals surface area contributed by atoms with E-state index >= 15 is 0 Å². The van der Waals surface area contributed by atoms with Crippen LogP contribution in [-0.4, -0.2) is 22.2 Å². The molecule has 6 heteroatoms. The van der Waals surface area contributed by atoms with Crippen LogP contribution in [0.5, 0.6) is 11.5 Å². The zero-order valence-electron chi connectivity index (χ0n) is 14.9. The molecular formula is C22H14N4O2. The fourth-order valence-corrected chi connectivity index (χ4v) is 3.05. The van der Waals surface area contributed by atoms with Crippen LogP contribution in [0.1, 0.15) is 5.56 Å². The Labute approximate surface area is 161 Å². The molecule has 2 N–H and O–H groups in total. The largest absolute Gasteiger partial charge is 0.504 e. The average molecular weight is 366 g/mol. The standard InChI is InChI=1S/C22H14N4O2/c1-24-16-6-4-14(5-7-16)15-10-17(21(27)20(11-15)28-2)22-25-18-8-3-13(12-23)9-19(18)26-22/h3-11,27H,2H3,(H,25,26). The van der Waals surface area contributed by atoms with Gasteiger partial charge in [-0.3, -0.25) is 0 Å². The van der Waals surface area contributed by atoms with Crippen LogP contribution in [0.4, 0.5) is 5.69 Å². The molecule has 0 aliphatic heterocycles. The number of methoxy groups -OCH3 is 1. The van der Waals surface area contributed by atoms with Crippen LogP contribution in [0.15, 0.2) is 54.6 Å². The number of aromatic hydroxyl groups is 1. The van der Waals surface area contributed by atoms with Gasteiger partial charge in [-0.15, -0.1) is 0 Å². The van der Waals surface area contributed by atoms with Gasteiger partial charge in [-0.05, 0) is 41.5 Å². The van der Waals surface area contributed by atoms with Crippen LogP contribution in [0.3, 0.4) is 0 Å². The number of rotatable bonds is 3. The maximum Gasteiger partial charge on any atom is 0.187 e. The lowest BCUT2D eigenvalue weighted by atomic mass is 10.0. The molecule has 0 saturated heterocycles. The predicted octanol–water partition coefficient (Wildman–Crippen LogP) is 5.03. The van der Waals surface area contributed by atoms with E-state index in [-0.39, 0.29) is 5.75 Å². The van der Waals surface area contributed by atoms with E-state index < -0.39 is 0 Å². The number of aromatic nitrogens is 2. The average Bonchev–Trinajstić information content (AvgIpc) is 3.17. The highest BCUT2D eigenvalue weighted by Crippen LogP contribution is 2.40. The lowest BCUT2D eigenvalue weighted by Gasteiger charge is -2.11. The summed E-state index contributed by atoms with van der Waals surface area (Å²) in [6.45, 7) is 7.08. The van der Waals surface area contributed by atoms with E-state index in [4.69, 9.17) is 16.6 Å². The molecule has 0 atom stereocenters. The molecule has 0 fully saturated rings. The number of nitrogens with zero attached hydrogens (tertiary/aromatic N) is 3. The summed E-state index contributed by atoms with van der Waals surface area (Å²) < 4.78 is 5.34. The Bertz CT molecular complexity index is 1280. The van der Waals surface area contributed by atoms with Crippen molar-refractivity contribution in [2.45, 2.75) is 0 Å². The SMILES string of the molecule is [C-]#[N+]c1ccc(-c2cc(OC)c(O)c(-c3nc4ccc(C#N)cc4[nH]3)c2)cc1. The quantitative estimate of drug-likeness (QED) is 0.498. The van der Waals surface area contributed by atoms with Gasteiger partial charge >= 0.3 is 0 Å². The van der Waals surface area contributed by atoms with Crippen molar-refractivity contribution in [2.75, 3.05) is 7.11 Å². The highest BCUT2D eigenvalue weighted by Gasteiger charge is 2.16. The molecule has 6 nitrogen and oxygen atoms in total. The van der Waals surface area contributed by atoms with Crippen LogP contribution in [0.25, 0.3) is 38.4 Å². The number of benzene rings is 3. The summed E-state index contributed by atoms with van der Waals surface area (Å²) in [5.74, 6) is 0.768. The highest BCUT2D eigenvalue weighted by atomic mass is 16.5. The molecule has 1 aromatic heterocycles. The molecule has 0 unspecified atom stereocenters. The van der Waals surface area contributed by atoms with Gasteiger partial charge < -0.3 is 14.8 Å². The summed E-state index contributed by atoms with van der Waals surface area (Å²) in [5, 5.41) is 19.7. The number of fused-ring (bicyclic) bond motifs is 1. The number of hydrogen-bond acceptors (Lipinski definition) is 4. The number of aromatic amines is 1. The van der Waals surface area contributed by atoms with Gasteiger partial charge in [0.2, 0.25) is 0 Å². The minimum absolute atomic E-state index is 0.0245. The number of ether oxygens (including phenoxy) is 1. The Morgan fingerprint density at radius 1 is 1.11 bits per heavy atom. The van der Waals surface area contributed by atoms with E-state index in [2.05, 4.69) is 20.9 Å². The number of hydrogen-bond donors (Lipinski definition) is 2. The van der Waals surface area contributed by atoms with Gasteiger partial charge in [-0.25, -0.2) is 9.83 Å². The molecular weight excluding hydrogens is 352 g/mol. The van der Waals surface area contributed by atoms with Gasteiger partial charge in [0, 0.05) is 0 Å². The number of phenols is 1. The minimum atomic E-state index is -0.0245. The van der Waals surface area contributed by atoms with Gasteiger partial charge in [0.25, 0.3) is 0 Å². The van der Waals surface area contributed by atoms with Crippen molar-refractivity contribution < 1.29 is 9.84 Å². The first-order valence-electron chi connectivity index (χ1n) is 8.42. The van der Waals surface area contributed by atoms with Crippen LogP contribution in [-0.2, 0) is 0 Å². The van der Waals surface area contributed by atoms with Crippen molar-refractivity contribution in [3.8, 4) is 40.1 Å². The van der Waals surface area contributed by atoms with Crippen molar-refractivity contribution in [3.05, 3.63) is 71.6 Å². The van der Waals surface area contributed by atoms with Crippen LogP contribution in [0.2, 0.25) is 0 Å². The molecule has 3 aromatic carbocycles. The summed E-state index contributed by atoms with van der Waals surface area (Å²) in [6.07, 6.45) is 0. The first-order chi connectivity index (χ1) is 13.6. The van der Waals surface area contributed by atoms with E-state index in [1.165, 1.54) is 7.11 Å². The second-order valence-electron chi connectivity index (χ2n) is 6.16. The van der Waals surface area contributed by atoms with Crippen molar-refractivity contribution in [3.63, 3.8) is 0 Å². The van der Waals surface area contributed by atoms with Gasteiger partial charge in [-0.1, -0.05) is 24.3 Å². The lowest BCUT2D eigenvalue weighted by Crippen LogP contribution is -1.90. The van der Waals surface area contributed by atoms with Gasteiger partial charge in [-0.2, -0.15) is 5.26 Å². The molecule has 134 valence electrons. The van der Waals surface area contributed by atoms with Crippen molar-refractivity contribution >= 4 is 16.7 Å². The third-order valence-corrected chi connectivity index (χ3v) is 4.49. The topological polar surface area (TPSA) is 86.3 Å². The van der Waals surface area contributed by atoms with Crippen LogP contribution in [0, 0.1) is 17.9 Å². The Kier molecular flexibility index (Phi) is 4.16. The van der Waals surface area contributed by atoms with E-state index in [0.29, 0.717) is 39.4 Å². The predicted molar refractivity (Wildman–Crippen MR) is 106 cm³/mol. The Balaban J connectivity index is 1.88. The van der Waals surface area contributed by atoms with E-state index in [0.717, 1.165) is 11.1 Å². The minimum Gasteiger partial charge on any atom is -0.504 e. The summed E-state index contributed by atoms with van der Waals surface area (Å²) in [4.78, 5) is 11.1. The summed E-state index contributed by atoms with van der Waals surface area (Å²) in [6, 6.07) is 18.0. The molecule has 0 spiro atoms. The maximum absolute atomic E-state index is 10.6. The van der Waals surface area contributed by atoms with E-state index in [9.17, 15) is 5.11 Å². The van der Waals surface area contributed by atoms with Crippen LogP contribution >= 0.6 is 0 Å². The molecule has 0 saturated carbocycles. The molecule has 28 heavy (non-hydrogen) atoms. The van der Waals surface area contributed by atoms with Gasteiger partial charge in [0.1, 0.15) is 5.82 Å². The second-order valence-corrected chi connectivity index (χ2v) is 6.16. The van der Waals surface area contributed by atoms with E-state index in [1.54, 1.807) is 36.4 Å². The molecule has 0 aliphatic rings. The van der Waals surface area contributed by atoms with Crippen molar-refractivity contribution in [2.24, 2.45) is 0 Å². The van der Waals surface area contributed by atoms with Crippen LogP contribution < -0.4 is 4.74 Å². The maximum atomic E-state index is 10.6. The van der Waals surface area contributed by atoms with Crippen molar-refractivity contribution in [1.29, 1.82) is 5.26 Å². The third-order valence-electron chi connectivity index (χ3n) is 4.49. The first kappa shape index (κ1) is 17.1. The number of nitriles is 1. The molecule has 0 radical (unpaired) electrons. The molecule has 4 aromatic rings. The molecule has 4 rings (SSSR count). The fraction of sp³-hybridized carbons (Fsp3) is 0.0455. The van der Waals surface area contributed by atoms with Crippen molar-refractivity contribution in [1.82, 2.24) is 9.97 Å². The monoisotopic (exact) mass is 366 g/mol. The normalized spacial score (nSPS) is 10.4. The molecule has 1 heterocycles. The molecule has 0 bridgehead atoms. The number of nitrogens with one attached hydrogen (secondary N) is 1. The smallest absolute Gasteiger partial charge is 0.187 e.